The summed E-state index contributed by atoms with van der Waals surface area (Å²) >= 11 is 11.9. The van der Waals surface area contributed by atoms with E-state index in [0.717, 1.165) is 11.1 Å². The van der Waals surface area contributed by atoms with Gasteiger partial charge in [0, 0.05) is 0 Å². The van der Waals surface area contributed by atoms with Gasteiger partial charge in [-0.1, -0.05) is 35.4 Å². The third-order valence-corrected chi connectivity index (χ3v) is 9.15. The van der Waals surface area contributed by atoms with Crippen LogP contribution in [0.3, 0.4) is 0 Å². The Labute approximate surface area is 220 Å². The Hall–Kier alpha value is -2.15. The Bertz CT molecular complexity index is 1240. The summed E-state index contributed by atoms with van der Waals surface area (Å²) in [6.45, 7) is 5.94. The van der Waals surface area contributed by atoms with Gasteiger partial charge in [-0.3, -0.25) is 14.4 Å². The van der Waals surface area contributed by atoms with Gasteiger partial charge in [0.05, 0.1) is 21.9 Å². The number of alkyl halides is 2. The Kier molecular flexibility index (Phi) is 9.97. The lowest BCUT2D eigenvalue weighted by atomic mass is 10.0. The first-order valence-corrected chi connectivity index (χ1v) is 14.5. The minimum absolute atomic E-state index is 0.0923. The minimum Gasteiger partial charge on any atom is -0.296 e. The monoisotopic (exact) mass is 576 g/mol. The van der Waals surface area contributed by atoms with Crippen molar-refractivity contribution in [3.8, 4) is 0 Å². The number of rotatable bonds is 12. The first kappa shape index (κ1) is 30.1. The second-order valence-corrected chi connectivity index (χ2v) is 12.5. The Morgan fingerprint density at radius 2 is 0.889 bits per heavy atom. The summed E-state index contributed by atoms with van der Waals surface area (Å²) < 4.78 is 54.3. The summed E-state index contributed by atoms with van der Waals surface area (Å²) in [5, 5.41) is -3.90. The summed E-state index contributed by atoms with van der Waals surface area (Å²) in [7, 11) is -8.19. The van der Waals surface area contributed by atoms with Crippen LogP contribution in [0.4, 0.5) is 0 Å². The lowest BCUT2D eigenvalue weighted by molar-refractivity contribution is -0.130. The summed E-state index contributed by atoms with van der Waals surface area (Å²) in [5.74, 6) is -3.25. The van der Waals surface area contributed by atoms with Gasteiger partial charge in [0.15, 0.2) is 28.1 Å². The summed E-state index contributed by atoms with van der Waals surface area (Å²) in [4.78, 5) is 37.7. The number of nitrogens with one attached hydrogen (secondary N) is 2. The van der Waals surface area contributed by atoms with E-state index in [4.69, 9.17) is 23.2 Å². The van der Waals surface area contributed by atoms with Crippen molar-refractivity contribution in [3.63, 3.8) is 0 Å². The van der Waals surface area contributed by atoms with E-state index in [0.29, 0.717) is 0 Å². The molecule has 2 rings (SSSR count). The van der Waals surface area contributed by atoms with Gasteiger partial charge in [-0.05, 0) is 52.0 Å². The molecule has 196 valence electrons. The third kappa shape index (κ3) is 7.44. The van der Waals surface area contributed by atoms with Crippen LogP contribution in [0.5, 0.6) is 0 Å². The van der Waals surface area contributed by atoms with E-state index >= 15 is 0 Å². The molecule has 0 spiro atoms. The molecular weight excluding hydrogens is 551 g/mol. The van der Waals surface area contributed by atoms with Crippen molar-refractivity contribution in [2.24, 2.45) is 0 Å². The van der Waals surface area contributed by atoms with Gasteiger partial charge >= 0.3 is 0 Å². The zero-order valence-corrected chi connectivity index (χ0v) is 23.0. The smallest absolute Gasteiger partial charge is 0.241 e. The molecule has 0 bridgehead atoms. The molecule has 0 radical (unpaired) electrons. The molecule has 9 nitrogen and oxygen atoms in total. The Balaban J connectivity index is 2.06. The molecule has 0 fully saturated rings. The Morgan fingerprint density at radius 3 is 1.17 bits per heavy atom. The van der Waals surface area contributed by atoms with Crippen molar-refractivity contribution < 1.29 is 31.2 Å². The van der Waals surface area contributed by atoms with E-state index in [2.05, 4.69) is 9.44 Å². The first-order valence-electron chi connectivity index (χ1n) is 10.6. The van der Waals surface area contributed by atoms with Gasteiger partial charge in [-0.25, -0.2) is 26.3 Å². The number of sulfonamides is 2. The highest BCUT2D eigenvalue weighted by Crippen LogP contribution is 2.17. The Morgan fingerprint density at radius 1 is 0.611 bits per heavy atom. The van der Waals surface area contributed by atoms with Crippen LogP contribution in [0, 0.1) is 13.8 Å². The quantitative estimate of drug-likeness (QED) is 0.291. The number of benzene rings is 2. The van der Waals surface area contributed by atoms with E-state index in [-0.39, 0.29) is 9.79 Å². The average Bonchev–Trinajstić information content (AvgIpc) is 2.81. The van der Waals surface area contributed by atoms with Crippen LogP contribution >= 0.6 is 23.2 Å². The number of hydrogen-bond acceptors (Lipinski definition) is 7. The number of aryl methyl sites for hydroxylation is 2. The fourth-order valence-corrected chi connectivity index (χ4v) is 6.12. The molecular formula is C23H26Cl2N2O7S2. The van der Waals surface area contributed by atoms with Crippen LogP contribution in [-0.2, 0) is 34.4 Å². The fraction of sp³-hybridized carbons (Fsp3) is 0.348. The van der Waals surface area contributed by atoms with Gasteiger partial charge in [-0.15, -0.1) is 23.2 Å². The molecule has 0 saturated carbocycles. The molecule has 0 aliphatic heterocycles. The topological polar surface area (TPSA) is 144 Å². The van der Waals surface area contributed by atoms with Crippen molar-refractivity contribution in [1.82, 2.24) is 9.44 Å². The van der Waals surface area contributed by atoms with E-state index in [1.165, 1.54) is 38.1 Å². The maximum atomic E-state index is 12.6. The number of Topliss-reactive ketones (excluding diaryl/α,β-unsaturated/α-hetero) is 3. The van der Waals surface area contributed by atoms with Crippen LogP contribution in [-0.4, -0.2) is 57.0 Å². The van der Waals surface area contributed by atoms with Gasteiger partial charge in [0.1, 0.15) is 0 Å². The first-order chi connectivity index (χ1) is 16.6. The molecule has 0 aliphatic rings. The standard InChI is InChI=1S/C23H26Cl2N2O7S2/c1-13-5-9-17(10-6-13)35(31,32)26-15(3)21(28)19(24)23(30)20(25)22(29)16(4)27-36(33,34)18-11-7-14(2)8-12-18/h5-12,15-16,19-20,26-27H,1-4H3/t15-,16-,19?,20?/m0/s1. The maximum Gasteiger partial charge on any atom is 0.241 e. The third-order valence-electron chi connectivity index (χ3n) is 5.18. The largest absolute Gasteiger partial charge is 0.296 e. The molecule has 36 heavy (non-hydrogen) atoms. The van der Waals surface area contributed by atoms with Gasteiger partial charge < -0.3 is 0 Å². The molecule has 0 aliphatic carbocycles. The van der Waals surface area contributed by atoms with Gasteiger partial charge in [-0.2, -0.15) is 0 Å². The number of hydrogen-bond donors (Lipinski definition) is 2. The number of ketones is 3. The highest BCUT2D eigenvalue weighted by Gasteiger charge is 2.39. The van der Waals surface area contributed by atoms with E-state index < -0.39 is 60.2 Å². The molecule has 0 amide bonds. The molecule has 13 heteroatoms. The molecule has 2 aromatic rings. The predicted molar refractivity (Wildman–Crippen MR) is 136 cm³/mol. The highest BCUT2D eigenvalue weighted by atomic mass is 35.5. The van der Waals surface area contributed by atoms with Crippen LogP contribution in [0.25, 0.3) is 0 Å². The zero-order valence-electron chi connectivity index (χ0n) is 19.9. The predicted octanol–water partition coefficient (Wildman–Crippen LogP) is 2.26. The lowest BCUT2D eigenvalue weighted by Gasteiger charge is -2.19. The molecule has 2 unspecified atom stereocenters. The second kappa shape index (κ2) is 11.9. The molecule has 4 atom stereocenters. The van der Waals surface area contributed by atoms with Crippen molar-refractivity contribution in [2.45, 2.75) is 60.3 Å². The van der Waals surface area contributed by atoms with Gasteiger partial charge in [0.2, 0.25) is 20.0 Å². The second-order valence-electron chi connectivity index (χ2n) is 8.24. The lowest BCUT2D eigenvalue weighted by Crippen LogP contribution is -2.49. The number of halogens is 2. The number of carbonyl (C=O) groups is 3. The van der Waals surface area contributed by atoms with E-state index in [1.54, 1.807) is 38.1 Å². The summed E-state index contributed by atoms with van der Waals surface area (Å²) in [5.41, 5.74) is 1.66. The molecule has 0 saturated heterocycles. The van der Waals surface area contributed by atoms with Crippen LogP contribution < -0.4 is 9.44 Å². The van der Waals surface area contributed by atoms with Crippen molar-refractivity contribution in [2.75, 3.05) is 0 Å². The normalized spacial score (nSPS) is 15.5. The molecule has 2 aromatic carbocycles. The van der Waals surface area contributed by atoms with Crippen LogP contribution in [0.2, 0.25) is 0 Å². The van der Waals surface area contributed by atoms with Crippen LogP contribution in [0.15, 0.2) is 58.3 Å². The number of carbonyl (C=O) groups excluding carboxylic acids is 3. The maximum absolute atomic E-state index is 12.6. The minimum atomic E-state index is -4.10. The average molecular weight is 578 g/mol. The summed E-state index contributed by atoms with van der Waals surface area (Å²) in [6.07, 6.45) is 0. The van der Waals surface area contributed by atoms with E-state index in [9.17, 15) is 31.2 Å². The highest BCUT2D eigenvalue weighted by molar-refractivity contribution is 7.89. The molecule has 2 N–H and O–H groups in total. The van der Waals surface area contributed by atoms with E-state index in [1.807, 2.05) is 0 Å². The summed E-state index contributed by atoms with van der Waals surface area (Å²) in [6, 6.07) is 8.88. The van der Waals surface area contributed by atoms with Crippen molar-refractivity contribution >= 4 is 60.6 Å². The fourth-order valence-electron chi connectivity index (χ4n) is 3.00. The zero-order chi connectivity index (χ0) is 27.4. The van der Waals surface area contributed by atoms with Crippen LogP contribution in [0.1, 0.15) is 25.0 Å². The molecule has 0 heterocycles. The SMILES string of the molecule is Cc1ccc(S(=O)(=O)N[C@@H](C)C(=O)C(Cl)C(=O)C(Cl)C(=O)[C@H](C)NS(=O)(=O)c2ccc(C)cc2)cc1. The molecule has 0 aromatic heterocycles. The van der Waals surface area contributed by atoms with Gasteiger partial charge in [0.25, 0.3) is 0 Å². The van der Waals surface area contributed by atoms with Crippen molar-refractivity contribution in [1.29, 1.82) is 0 Å². The van der Waals surface area contributed by atoms with Crippen molar-refractivity contribution in [3.05, 3.63) is 59.7 Å².